The van der Waals surface area contributed by atoms with Crippen molar-refractivity contribution in [2.75, 3.05) is 6.61 Å². The summed E-state index contributed by atoms with van der Waals surface area (Å²) in [5, 5.41) is 13.9. The van der Waals surface area contributed by atoms with Crippen molar-refractivity contribution in [2.45, 2.75) is 39.2 Å². The summed E-state index contributed by atoms with van der Waals surface area (Å²) in [6, 6.07) is 6.22. The van der Waals surface area contributed by atoms with Gasteiger partial charge in [-0.2, -0.15) is 0 Å². The highest BCUT2D eigenvalue weighted by Gasteiger charge is 2.28. The Hall–Kier alpha value is -2.11. The Bertz CT molecular complexity index is 547. The van der Waals surface area contributed by atoms with Crippen molar-refractivity contribution < 1.29 is 14.5 Å². The van der Waals surface area contributed by atoms with Crippen molar-refractivity contribution >= 4 is 11.6 Å². The minimum atomic E-state index is -0.516. The SMILES string of the molecule is C[C@H]1[C@H](C)CCC[C@H]1NC(=O)COc1ccccc1[N+](=O)[O-]. The van der Waals surface area contributed by atoms with Crippen LogP contribution >= 0.6 is 0 Å². The summed E-state index contributed by atoms with van der Waals surface area (Å²) in [5.74, 6) is 0.913. The third kappa shape index (κ3) is 3.96. The summed E-state index contributed by atoms with van der Waals surface area (Å²) in [7, 11) is 0. The van der Waals surface area contributed by atoms with Crippen LogP contribution in [-0.2, 0) is 4.79 Å². The number of nitrogens with one attached hydrogen (secondary N) is 1. The van der Waals surface area contributed by atoms with Crippen LogP contribution in [0, 0.1) is 22.0 Å². The molecule has 1 saturated carbocycles. The Labute approximate surface area is 130 Å². The van der Waals surface area contributed by atoms with Gasteiger partial charge in [-0.3, -0.25) is 14.9 Å². The zero-order chi connectivity index (χ0) is 16.1. The first-order valence-corrected chi connectivity index (χ1v) is 7.64. The molecule has 1 aliphatic rings. The maximum atomic E-state index is 12.0. The lowest BCUT2D eigenvalue weighted by atomic mass is 9.78. The lowest BCUT2D eigenvalue weighted by Crippen LogP contribution is -2.45. The molecular weight excluding hydrogens is 284 g/mol. The highest BCUT2D eigenvalue weighted by Crippen LogP contribution is 2.29. The number of nitrogens with zero attached hydrogens (tertiary/aromatic N) is 1. The zero-order valence-electron chi connectivity index (χ0n) is 13.0. The minimum Gasteiger partial charge on any atom is -0.477 e. The van der Waals surface area contributed by atoms with Crippen LogP contribution in [0.15, 0.2) is 24.3 Å². The number of nitro benzene ring substituents is 1. The number of ether oxygens (including phenoxy) is 1. The smallest absolute Gasteiger partial charge is 0.310 e. The first kappa shape index (κ1) is 16.3. The number of amides is 1. The zero-order valence-corrected chi connectivity index (χ0v) is 13.0. The predicted octanol–water partition coefficient (Wildman–Crippen LogP) is 2.91. The molecule has 0 aromatic heterocycles. The van der Waals surface area contributed by atoms with Crippen molar-refractivity contribution in [1.29, 1.82) is 0 Å². The van der Waals surface area contributed by atoms with E-state index in [-0.39, 0.29) is 30.0 Å². The van der Waals surface area contributed by atoms with Gasteiger partial charge in [-0.25, -0.2) is 0 Å². The fourth-order valence-corrected chi connectivity index (χ4v) is 2.91. The van der Waals surface area contributed by atoms with Gasteiger partial charge in [-0.15, -0.1) is 0 Å². The average molecular weight is 306 g/mol. The van der Waals surface area contributed by atoms with Crippen molar-refractivity contribution in [3.63, 3.8) is 0 Å². The highest BCUT2D eigenvalue weighted by molar-refractivity contribution is 5.78. The van der Waals surface area contributed by atoms with E-state index in [9.17, 15) is 14.9 Å². The molecule has 22 heavy (non-hydrogen) atoms. The largest absolute Gasteiger partial charge is 0.477 e. The standard InChI is InChI=1S/C16H22N2O4/c1-11-6-5-7-13(12(11)2)17-16(19)10-22-15-9-4-3-8-14(15)18(20)21/h3-4,8-9,11-13H,5-7,10H2,1-2H3,(H,17,19)/t11-,12+,13-/m1/s1. The molecule has 120 valence electrons. The van der Waals surface area contributed by atoms with E-state index in [1.54, 1.807) is 12.1 Å². The summed E-state index contributed by atoms with van der Waals surface area (Å²) in [6.07, 6.45) is 3.28. The summed E-state index contributed by atoms with van der Waals surface area (Å²) in [5.41, 5.74) is -0.130. The molecule has 1 aromatic carbocycles. The number of nitro groups is 1. The highest BCUT2D eigenvalue weighted by atomic mass is 16.6. The summed E-state index contributed by atoms with van der Waals surface area (Å²) in [6.45, 7) is 4.15. The Morgan fingerprint density at radius 3 is 2.82 bits per heavy atom. The molecule has 6 nitrogen and oxygen atoms in total. The molecule has 0 saturated heterocycles. The number of hydrogen-bond acceptors (Lipinski definition) is 4. The number of carbonyl (C=O) groups excluding carboxylic acids is 1. The molecule has 2 rings (SSSR count). The Balaban J connectivity index is 1.89. The maximum Gasteiger partial charge on any atom is 0.310 e. The Kier molecular flexibility index (Phi) is 5.35. The molecule has 0 aliphatic heterocycles. The van der Waals surface area contributed by atoms with Gasteiger partial charge in [0.05, 0.1) is 4.92 Å². The third-order valence-corrected chi connectivity index (χ3v) is 4.47. The molecule has 1 fully saturated rings. The molecule has 0 unspecified atom stereocenters. The van der Waals surface area contributed by atoms with Gasteiger partial charge in [0.15, 0.2) is 12.4 Å². The minimum absolute atomic E-state index is 0.118. The first-order valence-electron chi connectivity index (χ1n) is 7.64. The number of benzene rings is 1. The number of para-hydroxylation sites is 2. The van der Waals surface area contributed by atoms with E-state index in [0.29, 0.717) is 11.8 Å². The third-order valence-electron chi connectivity index (χ3n) is 4.47. The lowest BCUT2D eigenvalue weighted by molar-refractivity contribution is -0.385. The molecule has 3 atom stereocenters. The second kappa shape index (κ2) is 7.24. The van der Waals surface area contributed by atoms with Gasteiger partial charge in [0, 0.05) is 12.1 Å². The normalized spacial score (nSPS) is 24.5. The number of hydrogen-bond donors (Lipinski definition) is 1. The molecule has 1 N–H and O–H groups in total. The van der Waals surface area contributed by atoms with Crippen LogP contribution in [0.4, 0.5) is 5.69 Å². The van der Waals surface area contributed by atoms with Crippen LogP contribution in [0.1, 0.15) is 33.1 Å². The van der Waals surface area contributed by atoms with E-state index in [1.807, 2.05) is 0 Å². The van der Waals surface area contributed by atoms with Crippen molar-refractivity contribution in [3.8, 4) is 5.75 Å². The fourth-order valence-electron chi connectivity index (χ4n) is 2.91. The second-order valence-corrected chi connectivity index (χ2v) is 5.95. The summed E-state index contributed by atoms with van der Waals surface area (Å²) < 4.78 is 5.31. The number of rotatable bonds is 5. The van der Waals surface area contributed by atoms with E-state index in [0.717, 1.165) is 12.8 Å². The van der Waals surface area contributed by atoms with Crippen LogP contribution in [0.2, 0.25) is 0 Å². The van der Waals surface area contributed by atoms with Gasteiger partial charge < -0.3 is 10.1 Å². The predicted molar refractivity (Wildman–Crippen MR) is 82.7 cm³/mol. The van der Waals surface area contributed by atoms with Gasteiger partial charge in [0.1, 0.15) is 0 Å². The number of carbonyl (C=O) groups is 1. The van der Waals surface area contributed by atoms with Crippen molar-refractivity contribution in [3.05, 3.63) is 34.4 Å². The molecule has 0 radical (unpaired) electrons. The van der Waals surface area contributed by atoms with E-state index >= 15 is 0 Å². The second-order valence-electron chi connectivity index (χ2n) is 5.95. The molecule has 1 aromatic rings. The fraction of sp³-hybridized carbons (Fsp3) is 0.562. The quantitative estimate of drug-likeness (QED) is 0.670. The first-order chi connectivity index (χ1) is 10.5. The maximum absolute atomic E-state index is 12.0. The van der Waals surface area contributed by atoms with Crippen molar-refractivity contribution in [2.24, 2.45) is 11.8 Å². The Morgan fingerprint density at radius 1 is 1.36 bits per heavy atom. The molecule has 1 aliphatic carbocycles. The van der Waals surface area contributed by atoms with E-state index in [1.165, 1.54) is 18.6 Å². The van der Waals surface area contributed by atoms with Gasteiger partial charge in [0.25, 0.3) is 5.91 Å². The van der Waals surface area contributed by atoms with Gasteiger partial charge in [-0.05, 0) is 24.3 Å². The van der Waals surface area contributed by atoms with Gasteiger partial charge in [-0.1, -0.05) is 38.8 Å². The molecule has 1 amide bonds. The topological polar surface area (TPSA) is 81.5 Å². The van der Waals surface area contributed by atoms with Crippen LogP contribution in [0.5, 0.6) is 5.75 Å². The van der Waals surface area contributed by atoms with Crippen LogP contribution < -0.4 is 10.1 Å². The molecule has 0 bridgehead atoms. The van der Waals surface area contributed by atoms with Crippen LogP contribution in [-0.4, -0.2) is 23.5 Å². The van der Waals surface area contributed by atoms with Crippen molar-refractivity contribution in [1.82, 2.24) is 5.32 Å². The molecule has 6 heteroatoms. The molecule has 0 spiro atoms. The lowest BCUT2D eigenvalue weighted by Gasteiger charge is -2.34. The van der Waals surface area contributed by atoms with Gasteiger partial charge in [0.2, 0.25) is 0 Å². The average Bonchev–Trinajstić information content (AvgIpc) is 2.50. The van der Waals surface area contributed by atoms with Crippen LogP contribution in [0.25, 0.3) is 0 Å². The Morgan fingerprint density at radius 2 is 2.09 bits per heavy atom. The van der Waals surface area contributed by atoms with E-state index in [4.69, 9.17) is 4.74 Å². The summed E-state index contributed by atoms with van der Waals surface area (Å²) in [4.78, 5) is 22.4. The summed E-state index contributed by atoms with van der Waals surface area (Å²) >= 11 is 0. The van der Waals surface area contributed by atoms with Crippen LogP contribution in [0.3, 0.4) is 0 Å². The van der Waals surface area contributed by atoms with E-state index in [2.05, 4.69) is 19.2 Å². The molecule has 0 heterocycles. The monoisotopic (exact) mass is 306 g/mol. The molecular formula is C16H22N2O4. The van der Waals surface area contributed by atoms with E-state index < -0.39 is 4.92 Å². The van der Waals surface area contributed by atoms with Gasteiger partial charge >= 0.3 is 5.69 Å².